The highest BCUT2D eigenvalue weighted by Gasteiger charge is 1.86. The molecular formula is C8H20BrN. The van der Waals surface area contributed by atoms with Crippen LogP contribution in [0.5, 0.6) is 0 Å². The second-order valence-corrected chi connectivity index (χ2v) is 3.25. The first-order valence-corrected chi connectivity index (χ1v) is 5.10. The normalized spacial score (nSPS) is 9.00. The molecule has 0 spiro atoms. The summed E-state index contributed by atoms with van der Waals surface area (Å²) in [6.07, 6.45) is 8.40. The van der Waals surface area contributed by atoms with Crippen molar-refractivity contribution >= 4 is 15.9 Å². The van der Waals surface area contributed by atoms with Gasteiger partial charge >= 0.3 is 0 Å². The zero-order valence-corrected chi connectivity index (χ0v) is 8.62. The van der Waals surface area contributed by atoms with Crippen LogP contribution >= 0.6 is 15.9 Å². The molecule has 0 unspecified atom stereocenters. The monoisotopic (exact) mass is 209 g/mol. The van der Waals surface area contributed by atoms with Crippen LogP contribution in [0.1, 0.15) is 45.4 Å². The molecule has 0 aliphatic carbocycles. The molecule has 0 saturated heterocycles. The van der Waals surface area contributed by atoms with Crippen LogP contribution in [-0.2, 0) is 0 Å². The van der Waals surface area contributed by atoms with Crippen LogP contribution in [-0.4, -0.2) is 5.33 Å². The highest BCUT2D eigenvalue weighted by Crippen LogP contribution is 2.05. The Morgan fingerprint density at radius 3 is 1.90 bits per heavy atom. The van der Waals surface area contributed by atoms with Crippen LogP contribution < -0.4 is 6.15 Å². The van der Waals surface area contributed by atoms with Gasteiger partial charge in [-0.2, -0.15) is 0 Å². The molecule has 0 bridgehead atoms. The van der Waals surface area contributed by atoms with Crippen LogP contribution in [0.25, 0.3) is 0 Å². The molecule has 0 aromatic carbocycles. The van der Waals surface area contributed by atoms with Gasteiger partial charge < -0.3 is 6.15 Å². The van der Waals surface area contributed by atoms with Gasteiger partial charge in [0, 0.05) is 5.33 Å². The van der Waals surface area contributed by atoms with Gasteiger partial charge in [-0.1, -0.05) is 55.0 Å². The summed E-state index contributed by atoms with van der Waals surface area (Å²) in [5.41, 5.74) is 0. The molecule has 0 radical (unpaired) electrons. The van der Waals surface area contributed by atoms with Gasteiger partial charge in [-0.3, -0.25) is 0 Å². The Labute approximate surface area is 73.3 Å². The fraction of sp³-hybridized carbons (Fsp3) is 1.00. The number of halogens is 1. The first-order valence-electron chi connectivity index (χ1n) is 3.97. The van der Waals surface area contributed by atoms with E-state index < -0.39 is 0 Å². The zero-order chi connectivity index (χ0) is 6.95. The summed E-state index contributed by atoms with van der Waals surface area (Å²) < 4.78 is 0. The minimum Gasteiger partial charge on any atom is -0.344 e. The molecule has 0 amide bonds. The molecular weight excluding hydrogens is 190 g/mol. The van der Waals surface area contributed by atoms with Crippen molar-refractivity contribution in [1.29, 1.82) is 0 Å². The molecule has 0 aromatic rings. The summed E-state index contributed by atoms with van der Waals surface area (Å²) in [6.45, 7) is 2.25. The molecule has 0 atom stereocenters. The third-order valence-corrected chi connectivity index (χ3v) is 2.05. The molecule has 1 nitrogen and oxygen atoms in total. The lowest BCUT2D eigenvalue weighted by atomic mass is 10.1. The lowest BCUT2D eigenvalue weighted by Crippen LogP contribution is -1.78. The van der Waals surface area contributed by atoms with Crippen molar-refractivity contribution in [2.45, 2.75) is 45.4 Å². The van der Waals surface area contributed by atoms with Crippen molar-refractivity contribution in [2.75, 3.05) is 5.33 Å². The standard InChI is InChI=1S/C8H17Br.H3N/c1-2-3-4-5-6-7-8-9;/h2-8H2,1H3;1H3. The van der Waals surface area contributed by atoms with E-state index in [1.807, 2.05) is 0 Å². The predicted octanol–water partition coefficient (Wildman–Crippen LogP) is 3.90. The van der Waals surface area contributed by atoms with Crippen molar-refractivity contribution in [3.8, 4) is 0 Å². The molecule has 0 saturated carbocycles. The van der Waals surface area contributed by atoms with E-state index in [-0.39, 0.29) is 6.15 Å². The van der Waals surface area contributed by atoms with Gasteiger partial charge in [-0.05, 0) is 6.42 Å². The Bertz CT molecular complexity index is 42.5. The number of unbranched alkanes of at least 4 members (excludes halogenated alkanes) is 5. The van der Waals surface area contributed by atoms with Gasteiger partial charge in [0.2, 0.25) is 0 Å². The summed E-state index contributed by atoms with van der Waals surface area (Å²) in [5.74, 6) is 0. The minimum atomic E-state index is 0. The molecule has 0 aliphatic heterocycles. The predicted molar refractivity (Wildman–Crippen MR) is 52.2 cm³/mol. The Balaban J connectivity index is 0. The molecule has 10 heavy (non-hydrogen) atoms. The molecule has 0 rings (SSSR count). The SMILES string of the molecule is CCCCCCCCBr.N. The molecule has 0 fully saturated rings. The molecule has 64 valence electrons. The maximum Gasteiger partial charge on any atom is 0.00313 e. The van der Waals surface area contributed by atoms with Gasteiger partial charge in [-0.25, -0.2) is 0 Å². The average molecular weight is 210 g/mol. The highest BCUT2D eigenvalue weighted by atomic mass is 79.9. The summed E-state index contributed by atoms with van der Waals surface area (Å²) >= 11 is 3.42. The molecule has 2 heteroatoms. The van der Waals surface area contributed by atoms with E-state index in [0.717, 1.165) is 0 Å². The highest BCUT2D eigenvalue weighted by molar-refractivity contribution is 9.09. The number of rotatable bonds is 6. The Morgan fingerprint density at radius 2 is 1.40 bits per heavy atom. The second-order valence-electron chi connectivity index (χ2n) is 2.46. The van der Waals surface area contributed by atoms with Crippen molar-refractivity contribution in [2.24, 2.45) is 0 Å². The van der Waals surface area contributed by atoms with Crippen LogP contribution in [0.4, 0.5) is 0 Å². The Kier molecular flexibility index (Phi) is 15.9. The number of alkyl halides is 1. The first-order chi connectivity index (χ1) is 4.41. The lowest BCUT2D eigenvalue weighted by molar-refractivity contribution is 0.628. The number of hydrogen-bond acceptors (Lipinski definition) is 1. The average Bonchev–Trinajstić information content (AvgIpc) is 1.89. The van der Waals surface area contributed by atoms with Crippen LogP contribution in [0, 0.1) is 0 Å². The zero-order valence-electron chi connectivity index (χ0n) is 7.03. The van der Waals surface area contributed by atoms with Gasteiger partial charge in [0.1, 0.15) is 0 Å². The largest absolute Gasteiger partial charge is 0.344 e. The smallest absolute Gasteiger partial charge is 0.00313 e. The van der Waals surface area contributed by atoms with Crippen molar-refractivity contribution in [1.82, 2.24) is 6.15 Å². The quantitative estimate of drug-likeness (QED) is 0.523. The van der Waals surface area contributed by atoms with E-state index in [9.17, 15) is 0 Å². The van der Waals surface area contributed by atoms with Gasteiger partial charge in [0.25, 0.3) is 0 Å². The topological polar surface area (TPSA) is 35.0 Å². The van der Waals surface area contributed by atoms with Gasteiger partial charge in [-0.15, -0.1) is 0 Å². The fourth-order valence-electron chi connectivity index (χ4n) is 0.875. The minimum absolute atomic E-state index is 0. The summed E-state index contributed by atoms with van der Waals surface area (Å²) in [4.78, 5) is 0. The van der Waals surface area contributed by atoms with Crippen LogP contribution in [0.15, 0.2) is 0 Å². The van der Waals surface area contributed by atoms with E-state index in [2.05, 4.69) is 22.9 Å². The summed E-state index contributed by atoms with van der Waals surface area (Å²) in [7, 11) is 0. The Morgan fingerprint density at radius 1 is 0.900 bits per heavy atom. The molecule has 0 heterocycles. The fourth-order valence-corrected chi connectivity index (χ4v) is 1.27. The first kappa shape index (κ1) is 13.1. The van der Waals surface area contributed by atoms with Gasteiger partial charge in [0.15, 0.2) is 0 Å². The van der Waals surface area contributed by atoms with E-state index >= 15 is 0 Å². The molecule has 3 N–H and O–H groups in total. The van der Waals surface area contributed by atoms with Crippen molar-refractivity contribution < 1.29 is 0 Å². The van der Waals surface area contributed by atoms with Crippen molar-refractivity contribution in [3.63, 3.8) is 0 Å². The molecule has 0 aromatic heterocycles. The van der Waals surface area contributed by atoms with E-state index in [1.54, 1.807) is 0 Å². The molecule has 0 aliphatic rings. The third kappa shape index (κ3) is 11.3. The maximum atomic E-state index is 3.42. The Hall–Kier alpha value is 0.440. The van der Waals surface area contributed by atoms with Crippen LogP contribution in [0.3, 0.4) is 0 Å². The van der Waals surface area contributed by atoms with E-state index in [0.29, 0.717) is 0 Å². The summed E-state index contributed by atoms with van der Waals surface area (Å²) in [6, 6.07) is 0. The second kappa shape index (κ2) is 12.1. The summed E-state index contributed by atoms with van der Waals surface area (Å²) in [5, 5.41) is 1.18. The number of hydrogen-bond donors (Lipinski definition) is 1. The lowest BCUT2D eigenvalue weighted by Gasteiger charge is -1.95. The van der Waals surface area contributed by atoms with E-state index in [4.69, 9.17) is 0 Å². The van der Waals surface area contributed by atoms with Crippen LogP contribution in [0.2, 0.25) is 0 Å². The maximum absolute atomic E-state index is 3.42. The van der Waals surface area contributed by atoms with E-state index in [1.165, 1.54) is 43.9 Å². The van der Waals surface area contributed by atoms with Crippen molar-refractivity contribution in [3.05, 3.63) is 0 Å². The van der Waals surface area contributed by atoms with Gasteiger partial charge in [0.05, 0.1) is 0 Å². The third-order valence-electron chi connectivity index (χ3n) is 1.49.